The smallest absolute Gasteiger partial charge is 0.341 e. The molecule has 2 heterocycles. The van der Waals surface area contributed by atoms with Gasteiger partial charge in [0.15, 0.2) is 0 Å². The molecule has 1 aromatic heterocycles. The van der Waals surface area contributed by atoms with Crippen molar-refractivity contribution in [1.82, 2.24) is 14.4 Å². The van der Waals surface area contributed by atoms with E-state index in [0.717, 1.165) is 17.7 Å². The number of aromatic carboxylic acids is 1. The first-order valence-corrected chi connectivity index (χ1v) is 6.38. The van der Waals surface area contributed by atoms with Gasteiger partial charge in [0.2, 0.25) is 5.91 Å². The van der Waals surface area contributed by atoms with Gasteiger partial charge in [-0.15, -0.1) is 0 Å². The Bertz CT molecular complexity index is 573. The Labute approximate surface area is 116 Å². The van der Waals surface area contributed by atoms with Gasteiger partial charge < -0.3 is 19.5 Å². The second-order valence-electron chi connectivity index (χ2n) is 4.84. The predicted octanol–water partition coefficient (Wildman–Crippen LogP) is -0.679. The summed E-state index contributed by atoms with van der Waals surface area (Å²) in [4.78, 5) is 38.7. The van der Waals surface area contributed by atoms with Gasteiger partial charge in [0.1, 0.15) is 12.1 Å². The number of amides is 1. The van der Waals surface area contributed by atoms with Crippen molar-refractivity contribution in [2.75, 3.05) is 33.2 Å². The minimum Gasteiger partial charge on any atom is -0.477 e. The van der Waals surface area contributed by atoms with Crippen LogP contribution >= 0.6 is 0 Å². The highest BCUT2D eigenvalue weighted by Gasteiger charge is 2.20. The molecular weight excluding hydrogens is 262 g/mol. The van der Waals surface area contributed by atoms with Gasteiger partial charge >= 0.3 is 5.97 Å². The number of carbonyl (C=O) groups is 2. The second kappa shape index (κ2) is 5.87. The molecule has 1 amide bonds. The van der Waals surface area contributed by atoms with Crippen LogP contribution in [-0.4, -0.2) is 64.6 Å². The third-order valence-electron chi connectivity index (χ3n) is 3.41. The molecular formula is C13H17N3O4. The average molecular weight is 279 g/mol. The molecule has 0 spiro atoms. The Morgan fingerprint density at radius 2 is 1.90 bits per heavy atom. The fraction of sp³-hybridized carbons (Fsp3) is 0.462. The summed E-state index contributed by atoms with van der Waals surface area (Å²) in [6.45, 7) is 2.74. The number of hydrogen-bond acceptors (Lipinski definition) is 4. The van der Waals surface area contributed by atoms with Crippen molar-refractivity contribution in [1.29, 1.82) is 0 Å². The summed E-state index contributed by atoms with van der Waals surface area (Å²) in [5, 5.41) is 8.89. The van der Waals surface area contributed by atoms with Gasteiger partial charge in [-0.05, 0) is 19.2 Å². The molecule has 2 rings (SSSR count). The maximum absolute atomic E-state index is 12.1. The van der Waals surface area contributed by atoms with Crippen LogP contribution in [0.2, 0.25) is 0 Å². The fourth-order valence-corrected chi connectivity index (χ4v) is 2.13. The lowest BCUT2D eigenvalue weighted by Crippen LogP contribution is -2.48. The van der Waals surface area contributed by atoms with Gasteiger partial charge in [0.05, 0.1) is 0 Å². The molecule has 0 radical (unpaired) electrons. The van der Waals surface area contributed by atoms with Crippen LogP contribution in [0, 0.1) is 0 Å². The number of carboxylic acid groups (broad SMARTS) is 1. The van der Waals surface area contributed by atoms with Gasteiger partial charge in [-0.25, -0.2) is 4.79 Å². The zero-order valence-electron chi connectivity index (χ0n) is 11.3. The minimum absolute atomic E-state index is 0.121. The van der Waals surface area contributed by atoms with Gasteiger partial charge in [0, 0.05) is 32.4 Å². The second-order valence-corrected chi connectivity index (χ2v) is 4.84. The number of nitrogens with zero attached hydrogens (tertiary/aromatic N) is 3. The quantitative estimate of drug-likeness (QED) is 0.792. The van der Waals surface area contributed by atoms with Crippen LogP contribution < -0.4 is 5.56 Å². The van der Waals surface area contributed by atoms with E-state index in [1.807, 2.05) is 7.05 Å². The number of piperazine rings is 1. The number of hydrogen-bond donors (Lipinski definition) is 1. The minimum atomic E-state index is -1.28. The molecule has 7 nitrogen and oxygen atoms in total. The summed E-state index contributed by atoms with van der Waals surface area (Å²) >= 11 is 0. The van der Waals surface area contributed by atoms with E-state index in [1.165, 1.54) is 18.3 Å². The highest BCUT2D eigenvalue weighted by molar-refractivity contribution is 5.87. The lowest BCUT2D eigenvalue weighted by Gasteiger charge is -2.32. The molecule has 7 heteroatoms. The fourth-order valence-electron chi connectivity index (χ4n) is 2.13. The number of aromatic nitrogens is 1. The number of carbonyl (C=O) groups excluding carboxylic acids is 1. The van der Waals surface area contributed by atoms with Crippen LogP contribution in [0.4, 0.5) is 0 Å². The maximum Gasteiger partial charge on any atom is 0.341 e. The van der Waals surface area contributed by atoms with Gasteiger partial charge in [-0.1, -0.05) is 0 Å². The third-order valence-corrected chi connectivity index (χ3v) is 3.41. The molecule has 1 N–H and O–H groups in total. The van der Waals surface area contributed by atoms with Crippen LogP contribution in [-0.2, 0) is 11.3 Å². The lowest BCUT2D eigenvalue weighted by atomic mass is 10.2. The van der Waals surface area contributed by atoms with E-state index in [-0.39, 0.29) is 18.0 Å². The Morgan fingerprint density at radius 3 is 2.50 bits per heavy atom. The first kappa shape index (κ1) is 14.3. The Balaban J connectivity index is 2.10. The van der Waals surface area contributed by atoms with Crippen molar-refractivity contribution in [3.05, 3.63) is 34.2 Å². The molecule has 1 fully saturated rings. The van der Waals surface area contributed by atoms with Crippen molar-refractivity contribution < 1.29 is 14.7 Å². The molecule has 0 aromatic carbocycles. The molecule has 0 saturated carbocycles. The summed E-state index contributed by atoms with van der Waals surface area (Å²) in [6.07, 6.45) is 1.43. The van der Waals surface area contributed by atoms with Crippen molar-refractivity contribution >= 4 is 11.9 Å². The Morgan fingerprint density at radius 1 is 1.25 bits per heavy atom. The SMILES string of the molecule is CN1CCN(C(=O)Cn2cccc(C(=O)O)c2=O)CC1. The third kappa shape index (κ3) is 3.05. The molecule has 0 aliphatic carbocycles. The lowest BCUT2D eigenvalue weighted by molar-refractivity contribution is -0.133. The van der Waals surface area contributed by atoms with E-state index < -0.39 is 11.5 Å². The van der Waals surface area contributed by atoms with Crippen LogP contribution in [0.1, 0.15) is 10.4 Å². The van der Waals surface area contributed by atoms with E-state index in [0.29, 0.717) is 13.1 Å². The van der Waals surface area contributed by atoms with E-state index in [2.05, 4.69) is 4.90 Å². The Kier molecular flexibility index (Phi) is 4.19. The van der Waals surface area contributed by atoms with Gasteiger partial charge in [-0.2, -0.15) is 0 Å². The highest BCUT2D eigenvalue weighted by Crippen LogP contribution is 2.01. The van der Waals surface area contributed by atoms with Gasteiger partial charge in [0.25, 0.3) is 5.56 Å². The van der Waals surface area contributed by atoms with E-state index in [4.69, 9.17) is 5.11 Å². The molecule has 108 valence electrons. The number of carboxylic acids is 1. The monoisotopic (exact) mass is 279 g/mol. The molecule has 0 unspecified atom stereocenters. The van der Waals surface area contributed by atoms with Crippen molar-refractivity contribution in [2.24, 2.45) is 0 Å². The summed E-state index contributed by atoms with van der Waals surface area (Å²) in [5.74, 6) is -1.45. The van der Waals surface area contributed by atoms with Gasteiger partial charge in [-0.3, -0.25) is 9.59 Å². The molecule has 1 aromatic rings. The van der Waals surface area contributed by atoms with Crippen LogP contribution in [0.25, 0.3) is 0 Å². The largest absolute Gasteiger partial charge is 0.477 e. The summed E-state index contributed by atoms with van der Waals surface area (Å²) in [5.41, 5.74) is -0.971. The first-order valence-electron chi connectivity index (χ1n) is 6.38. The topological polar surface area (TPSA) is 82.8 Å². The zero-order valence-corrected chi connectivity index (χ0v) is 11.3. The normalized spacial score (nSPS) is 16.1. The van der Waals surface area contributed by atoms with Crippen molar-refractivity contribution in [3.8, 4) is 0 Å². The summed E-state index contributed by atoms with van der Waals surface area (Å²) in [7, 11) is 1.99. The molecule has 1 saturated heterocycles. The van der Waals surface area contributed by atoms with Crippen LogP contribution in [0.5, 0.6) is 0 Å². The average Bonchev–Trinajstić information content (AvgIpc) is 2.41. The molecule has 20 heavy (non-hydrogen) atoms. The van der Waals surface area contributed by atoms with Crippen molar-refractivity contribution in [2.45, 2.75) is 6.54 Å². The zero-order chi connectivity index (χ0) is 14.7. The standard InChI is InChI=1S/C13H17N3O4/c1-14-5-7-15(8-6-14)11(17)9-16-4-2-3-10(12(16)18)13(19)20/h2-4H,5-9H2,1H3,(H,19,20). The predicted molar refractivity (Wildman–Crippen MR) is 71.7 cm³/mol. The van der Waals surface area contributed by atoms with E-state index in [1.54, 1.807) is 4.90 Å². The molecule has 1 aliphatic rings. The van der Waals surface area contributed by atoms with E-state index in [9.17, 15) is 14.4 Å². The maximum atomic E-state index is 12.1. The molecule has 0 atom stereocenters. The van der Waals surface area contributed by atoms with Crippen LogP contribution in [0.15, 0.2) is 23.1 Å². The molecule has 1 aliphatic heterocycles. The Hall–Kier alpha value is -2.15. The van der Waals surface area contributed by atoms with Crippen LogP contribution in [0.3, 0.4) is 0 Å². The number of likely N-dealkylation sites (N-methyl/N-ethyl adjacent to an activating group) is 1. The van der Waals surface area contributed by atoms with E-state index >= 15 is 0 Å². The van der Waals surface area contributed by atoms with Crippen molar-refractivity contribution in [3.63, 3.8) is 0 Å². The number of rotatable bonds is 3. The summed E-state index contributed by atoms with van der Waals surface area (Å²) in [6, 6.07) is 2.70. The summed E-state index contributed by atoms with van der Waals surface area (Å²) < 4.78 is 1.14. The highest BCUT2D eigenvalue weighted by atomic mass is 16.4. The first-order chi connectivity index (χ1) is 9.49. The molecule has 0 bridgehead atoms. The number of pyridine rings is 1.